The fourth-order valence-electron chi connectivity index (χ4n) is 2.73. The molecule has 0 unspecified atom stereocenters. The molecule has 0 aromatic heterocycles. The quantitative estimate of drug-likeness (QED) is 0.460. The van der Waals surface area contributed by atoms with Gasteiger partial charge in [-0.1, -0.05) is 12.1 Å². The Bertz CT molecular complexity index is 709. The maximum Gasteiger partial charge on any atom is 0.498 e. The summed E-state index contributed by atoms with van der Waals surface area (Å²) >= 11 is 0. The molecule has 0 saturated carbocycles. The van der Waals surface area contributed by atoms with E-state index in [0.29, 0.717) is 6.07 Å². The van der Waals surface area contributed by atoms with Gasteiger partial charge in [-0.15, -0.1) is 0 Å². The predicted molar refractivity (Wildman–Crippen MR) is 63.6 cm³/mol. The normalized spacial score (nSPS) is 20.3. The van der Waals surface area contributed by atoms with Crippen molar-refractivity contribution in [2.24, 2.45) is 0 Å². The molecule has 2 rings (SSSR count). The second-order valence-electron chi connectivity index (χ2n) is 5.56. The van der Waals surface area contributed by atoms with E-state index in [4.69, 9.17) is 0 Å². The Kier molecular flexibility index (Phi) is 5.15. The second kappa shape index (κ2) is 6.36. The molecule has 1 aliphatic heterocycles. The highest BCUT2D eigenvalue weighted by atomic mass is 19.4. The minimum atomic E-state index is -7.42. The zero-order chi connectivity index (χ0) is 22.8. The van der Waals surface area contributed by atoms with E-state index in [1.54, 1.807) is 0 Å². The van der Waals surface area contributed by atoms with E-state index < -0.39 is 60.1 Å². The van der Waals surface area contributed by atoms with E-state index in [2.05, 4.69) is 9.31 Å². The number of hydrogen-bond donors (Lipinski definition) is 0. The van der Waals surface area contributed by atoms with Gasteiger partial charge in [0.1, 0.15) is 0 Å². The molecule has 164 valence electrons. The number of hydrogen-bond acceptors (Lipinski definition) is 2. The van der Waals surface area contributed by atoms with Crippen LogP contribution in [0.5, 0.6) is 0 Å². The van der Waals surface area contributed by atoms with Crippen LogP contribution in [0.15, 0.2) is 18.2 Å². The fraction of sp³-hybridized carbons (Fsp3) is 0.500. The van der Waals surface area contributed by atoms with Crippen molar-refractivity contribution in [1.82, 2.24) is 0 Å². The molecule has 2 nitrogen and oxygen atoms in total. The summed E-state index contributed by atoms with van der Waals surface area (Å²) in [5.74, 6) is -4.40. The van der Waals surface area contributed by atoms with E-state index in [0.717, 1.165) is 0 Å². The van der Waals surface area contributed by atoms with Gasteiger partial charge in [-0.25, -0.2) is 8.78 Å². The first-order valence-corrected chi connectivity index (χ1v) is 6.81. The van der Waals surface area contributed by atoms with Crippen molar-refractivity contribution in [3.63, 3.8) is 0 Å². The number of benzene rings is 1. The summed E-state index contributed by atoms with van der Waals surface area (Å²) in [5.41, 5.74) is -16.0. The molecular formula is C12H3BF14O2. The van der Waals surface area contributed by atoms with Crippen molar-refractivity contribution in [3.8, 4) is 0 Å². The Balaban J connectivity index is 2.96. The van der Waals surface area contributed by atoms with Crippen LogP contribution in [0.4, 0.5) is 61.5 Å². The van der Waals surface area contributed by atoms with Crippen LogP contribution in [-0.4, -0.2) is 43.0 Å². The summed E-state index contributed by atoms with van der Waals surface area (Å²) in [6, 6.07) is 0.698. The lowest BCUT2D eigenvalue weighted by molar-refractivity contribution is -0.464. The molecule has 29 heavy (non-hydrogen) atoms. The maximum atomic E-state index is 13.7. The van der Waals surface area contributed by atoms with Crippen LogP contribution in [0.2, 0.25) is 0 Å². The van der Waals surface area contributed by atoms with Crippen LogP contribution >= 0.6 is 0 Å². The standard InChI is InChI=1S/C12H3BF14O2/c14-5-3-1-2-4(6(5)15)13-28-7(9(16,17)18,10(19,20)21)8(29-13,11(22,23)24)12(25,26)27/h1-3H. The summed E-state index contributed by atoms with van der Waals surface area (Å²) in [7, 11) is -3.88. The summed E-state index contributed by atoms with van der Waals surface area (Å²) < 4.78 is 192. The zero-order valence-electron chi connectivity index (χ0n) is 12.9. The highest BCUT2D eigenvalue weighted by Crippen LogP contribution is 2.66. The molecule has 1 heterocycles. The van der Waals surface area contributed by atoms with Gasteiger partial charge < -0.3 is 9.31 Å². The minimum absolute atomic E-state index is 0.0867. The average molecular weight is 456 g/mol. The molecule has 0 spiro atoms. The molecule has 0 atom stereocenters. The van der Waals surface area contributed by atoms with Gasteiger partial charge in [-0.3, -0.25) is 0 Å². The van der Waals surface area contributed by atoms with Crippen LogP contribution in [0.25, 0.3) is 0 Å². The fourth-order valence-corrected chi connectivity index (χ4v) is 2.73. The lowest BCUT2D eigenvalue weighted by atomic mass is 9.78. The van der Waals surface area contributed by atoms with Gasteiger partial charge in [0.05, 0.1) is 0 Å². The van der Waals surface area contributed by atoms with E-state index in [1.165, 1.54) is 0 Å². The molecule has 17 heteroatoms. The predicted octanol–water partition coefficient (Wildman–Crippen LogP) is 4.43. The monoisotopic (exact) mass is 456 g/mol. The molecule has 0 N–H and O–H groups in total. The number of alkyl halides is 12. The molecule has 1 aliphatic rings. The number of halogens is 14. The summed E-state index contributed by atoms with van der Waals surface area (Å²) in [6.07, 6.45) is -29.7. The van der Waals surface area contributed by atoms with Gasteiger partial charge in [-0.2, -0.15) is 52.7 Å². The van der Waals surface area contributed by atoms with Crippen molar-refractivity contribution < 1.29 is 70.8 Å². The van der Waals surface area contributed by atoms with Crippen LogP contribution in [0.3, 0.4) is 0 Å². The minimum Gasteiger partial charge on any atom is -0.383 e. The molecular weight excluding hydrogens is 453 g/mol. The second-order valence-corrected chi connectivity index (χ2v) is 5.56. The summed E-state index contributed by atoms with van der Waals surface area (Å²) in [5, 5.41) is 0. The Morgan fingerprint density at radius 3 is 1.28 bits per heavy atom. The molecule has 0 aliphatic carbocycles. The number of rotatable bonds is 1. The maximum absolute atomic E-state index is 13.7. The van der Waals surface area contributed by atoms with Crippen LogP contribution in [0.1, 0.15) is 0 Å². The SMILES string of the molecule is Fc1cccc(B2OC(C(F)(F)F)(C(F)(F)F)C(C(F)(F)F)(C(F)(F)F)O2)c1F. The third-order valence-corrected chi connectivity index (χ3v) is 3.90. The van der Waals surface area contributed by atoms with E-state index in [-0.39, 0.29) is 12.1 Å². The van der Waals surface area contributed by atoms with Gasteiger partial charge >= 0.3 is 31.8 Å². The Labute approximate surface area is 150 Å². The molecule has 1 aromatic rings. The van der Waals surface area contributed by atoms with Gasteiger partial charge in [0.2, 0.25) is 0 Å². The largest absolute Gasteiger partial charge is 0.498 e. The summed E-state index contributed by atoms with van der Waals surface area (Å²) in [6.45, 7) is 0. The lowest BCUT2D eigenvalue weighted by Crippen LogP contribution is -2.79. The van der Waals surface area contributed by atoms with Crippen molar-refractivity contribution in [3.05, 3.63) is 29.8 Å². The van der Waals surface area contributed by atoms with Crippen LogP contribution in [-0.2, 0) is 9.31 Å². The van der Waals surface area contributed by atoms with Gasteiger partial charge in [0.25, 0.3) is 11.2 Å². The lowest BCUT2D eigenvalue weighted by Gasteiger charge is -2.46. The van der Waals surface area contributed by atoms with E-state index >= 15 is 0 Å². The van der Waals surface area contributed by atoms with Crippen LogP contribution in [0, 0.1) is 11.6 Å². The van der Waals surface area contributed by atoms with Gasteiger partial charge in [-0.05, 0) is 6.07 Å². The van der Waals surface area contributed by atoms with Crippen molar-refractivity contribution >= 4 is 12.6 Å². The highest BCUT2D eigenvalue weighted by molar-refractivity contribution is 6.62. The first-order valence-electron chi connectivity index (χ1n) is 6.81. The molecule has 1 aromatic carbocycles. The topological polar surface area (TPSA) is 18.5 Å². The molecule has 0 amide bonds. The Hall–Kier alpha value is -1.78. The zero-order valence-corrected chi connectivity index (χ0v) is 12.9. The summed E-state index contributed by atoms with van der Waals surface area (Å²) in [4.78, 5) is 0. The van der Waals surface area contributed by atoms with Gasteiger partial charge in [0, 0.05) is 5.46 Å². The van der Waals surface area contributed by atoms with Crippen molar-refractivity contribution in [1.29, 1.82) is 0 Å². The van der Waals surface area contributed by atoms with Crippen molar-refractivity contribution in [2.75, 3.05) is 0 Å². The Morgan fingerprint density at radius 1 is 0.621 bits per heavy atom. The third-order valence-electron chi connectivity index (χ3n) is 3.90. The average Bonchev–Trinajstić information content (AvgIpc) is 2.87. The third kappa shape index (κ3) is 3.03. The first-order chi connectivity index (χ1) is 12.7. The first kappa shape index (κ1) is 23.5. The van der Waals surface area contributed by atoms with Crippen LogP contribution < -0.4 is 5.46 Å². The molecule has 1 fully saturated rings. The molecule has 0 radical (unpaired) electrons. The van der Waals surface area contributed by atoms with Gasteiger partial charge in [0.15, 0.2) is 11.6 Å². The Morgan fingerprint density at radius 2 is 0.966 bits per heavy atom. The molecule has 1 saturated heterocycles. The smallest absolute Gasteiger partial charge is 0.383 e. The highest BCUT2D eigenvalue weighted by Gasteiger charge is 2.98. The van der Waals surface area contributed by atoms with E-state index in [1.807, 2.05) is 0 Å². The van der Waals surface area contributed by atoms with E-state index in [9.17, 15) is 61.5 Å². The molecule has 0 bridgehead atoms. The van der Waals surface area contributed by atoms with Crippen molar-refractivity contribution in [2.45, 2.75) is 35.9 Å².